The lowest BCUT2D eigenvalue weighted by Gasteiger charge is -2.17. The van der Waals surface area contributed by atoms with Gasteiger partial charge in [-0.25, -0.2) is 0 Å². The van der Waals surface area contributed by atoms with Gasteiger partial charge in [0.1, 0.15) is 0 Å². The summed E-state index contributed by atoms with van der Waals surface area (Å²) >= 11 is 0. The van der Waals surface area contributed by atoms with Gasteiger partial charge in [0, 0.05) is 17.3 Å². The van der Waals surface area contributed by atoms with Crippen molar-refractivity contribution in [3.05, 3.63) is 54.6 Å². The van der Waals surface area contributed by atoms with Crippen LogP contribution >= 0.6 is 0 Å². The first kappa shape index (κ1) is 14.1. The predicted molar refractivity (Wildman–Crippen MR) is 81.6 cm³/mol. The molecular formula is C17H19NO2. The molecule has 0 saturated carbocycles. The summed E-state index contributed by atoms with van der Waals surface area (Å²) < 4.78 is 4.69. The molecule has 0 spiro atoms. The molecule has 1 atom stereocenters. The predicted octanol–water partition coefficient (Wildman–Crippen LogP) is 3.72. The number of nitrogens with one attached hydrogen (secondary N) is 1. The van der Waals surface area contributed by atoms with Crippen molar-refractivity contribution >= 4 is 11.7 Å². The fraction of sp³-hybridized carbons (Fsp3) is 0.235. The second-order valence-corrected chi connectivity index (χ2v) is 4.74. The third kappa shape index (κ3) is 3.60. The van der Waals surface area contributed by atoms with E-state index in [-0.39, 0.29) is 12.0 Å². The highest BCUT2D eigenvalue weighted by Gasteiger charge is 2.11. The minimum atomic E-state index is -0.206. The Hall–Kier alpha value is -2.29. The first-order valence-electron chi connectivity index (χ1n) is 6.68. The molecular weight excluding hydrogens is 250 g/mol. The van der Waals surface area contributed by atoms with E-state index in [0.717, 1.165) is 16.8 Å². The summed E-state index contributed by atoms with van der Waals surface area (Å²) in [6.07, 6.45) is 0.347. The van der Waals surface area contributed by atoms with Crippen LogP contribution in [0.25, 0.3) is 11.1 Å². The van der Waals surface area contributed by atoms with E-state index >= 15 is 0 Å². The normalized spacial score (nSPS) is 11.7. The zero-order chi connectivity index (χ0) is 14.4. The number of benzene rings is 2. The molecule has 1 N–H and O–H groups in total. The average Bonchev–Trinajstić information content (AvgIpc) is 2.48. The maximum atomic E-state index is 11.3. The van der Waals surface area contributed by atoms with E-state index in [1.807, 2.05) is 43.3 Å². The zero-order valence-corrected chi connectivity index (χ0v) is 11.8. The van der Waals surface area contributed by atoms with Crippen molar-refractivity contribution in [1.29, 1.82) is 0 Å². The van der Waals surface area contributed by atoms with Crippen molar-refractivity contribution in [3.63, 3.8) is 0 Å². The molecule has 3 heteroatoms. The first-order chi connectivity index (χ1) is 9.70. The van der Waals surface area contributed by atoms with E-state index in [9.17, 15) is 4.79 Å². The van der Waals surface area contributed by atoms with Gasteiger partial charge in [-0.2, -0.15) is 0 Å². The number of carbonyl (C=O) groups excluding carboxylic acids is 1. The van der Waals surface area contributed by atoms with E-state index in [0.29, 0.717) is 6.42 Å². The SMILES string of the molecule is COC(=O)CC(C)Nc1ccccc1-c1ccccc1. The van der Waals surface area contributed by atoms with Crippen LogP contribution in [-0.2, 0) is 9.53 Å². The van der Waals surface area contributed by atoms with Gasteiger partial charge < -0.3 is 10.1 Å². The van der Waals surface area contributed by atoms with Crippen molar-refractivity contribution < 1.29 is 9.53 Å². The number of rotatable bonds is 5. The summed E-state index contributed by atoms with van der Waals surface area (Å²) in [7, 11) is 1.41. The molecule has 0 radical (unpaired) electrons. The number of hydrogen-bond donors (Lipinski definition) is 1. The van der Waals surface area contributed by atoms with E-state index in [4.69, 9.17) is 4.74 Å². The fourth-order valence-corrected chi connectivity index (χ4v) is 2.13. The van der Waals surface area contributed by atoms with Crippen LogP contribution in [0.15, 0.2) is 54.6 Å². The third-order valence-corrected chi connectivity index (χ3v) is 3.11. The van der Waals surface area contributed by atoms with Crippen LogP contribution < -0.4 is 5.32 Å². The van der Waals surface area contributed by atoms with Gasteiger partial charge in [0.05, 0.1) is 13.5 Å². The van der Waals surface area contributed by atoms with Gasteiger partial charge in [-0.05, 0) is 18.6 Å². The Morgan fingerprint density at radius 1 is 1.10 bits per heavy atom. The maximum absolute atomic E-state index is 11.3. The average molecular weight is 269 g/mol. The minimum absolute atomic E-state index is 0.0207. The summed E-state index contributed by atoms with van der Waals surface area (Å²) in [6.45, 7) is 1.97. The van der Waals surface area contributed by atoms with Gasteiger partial charge in [0.25, 0.3) is 0 Å². The van der Waals surface area contributed by atoms with Gasteiger partial charge in [-0.15, -0.1) is 0 Å². The standard InChI is InChI=1S/C17H19NO2/c1-13(12-17(19)20-2)18-16-11-7-6-10-15(16)14-8-4-3-5-9-14/h3-11,13,18H,12H2,1-2H3. The smallest absolute Gasteiger partial charge is 0.307 e. The second-order valence-electron chi connectivity index (χ2n) is 4.74. The first-order valence-corrected chi connectivity index (χ1v) is 6.68. The van der Waals surface area contributed by atoms with Crippen LogP contribution in [0.4, 0.5) is 5.69 Å². The molecule has 0 fully saturated rings. The van der Waals surface area contributed by atoms with Gasteiger partial charge in [0.2, 0.25) is 0 Å². The molecule has 104 valence electrons. The number of ether oxygens (including phenoxy) is 1. The highest BCUT2D eigenvalue weighted by Crippen LogP contribution is 2.28. The lowest BCUT2D eigenvalue weighted by Crippen LogP contribution is -2.20. The summed E-state index contributed by atoms with van der Waals surface area (Å²) in [5.41, 5.74) is 3.31. The molecule has 2 rings (SSSR count). The molecule has 2 aromatic carbocycles. The van der Waals surface area contributed by atoms with Crippen molar-refractivity contribution in [3.8, 4) is 11.1 Å². The Balaban J connectivity index is 2.19. The summed E-state index contributed by atoms with van der Waals surface area (Å²) in [4.78, 5) is 11.3. The van der Waals surface area contributed by atoms with Gasteiger partial charge in [0.15, 0.2) is 0 Å². The summed E-state index contributed by atoms with van der Waals surface area (Å²) in [5, 5.41) is 3.37. The molecule has 1 unspecified atom stereocenters. The Morgan fingerprint density at radius 2 is 1.75 bits per heavy atom. The number of para-hydroxylation sites is 1. The monoisotopic (exact) mass is 269 g/mol. The Kier molecular flexibility index (Phi) is 4.77. The van der Waals surface area contributed by atoms with E-state index < -0.39 is 0 Å². The minimum Gasteiger partial charge on any atom is -0.469 e. The molecule has 0 bridgehead atoms. The van der Waals surface area contributed by atoms with Gasteiger partial charge >= 0.3 is 5.97 Å². The molecule has 0 saturated heterocycles. The highest BCUT2D eigenvalue weighted by molar-refractivity contribution is 5.78. The van der Waals surface area contributed by atoms with Crippen LogP contribution in [0.3, 0.4) is 0 Å². The molecule has 0 aliphatic heterocycles. The number of esters is 1. The maximum Gasteiger partial charge on any atom is 0.307 e. The molecule has 0 aromatic heterocycles. The zero-order valence-electron chi connectivity index (χ0n) is 11.8. The quantitative estimate of drug-likeness (QED) is 0.841. The Morgan fingerprint density at radius 3 is 2.45 bits per heavy atom. The van der Waals surface area contributed by atoms with Gasteiger partial charge in [-0.1, -0.05) is 48.5 Å². The van der Waals surface area contributed by atoms with Crippen LogP contribution in [0.5, 0.6) is 0 Å². The molecule has 0 aliphatic carbocycles. The second kappa shape index (κ2) is 6.75. The molecule has 0 amide bonds. The molecule has 2 aromatic rings. The Bertz CT molecular complexity index is 566. The highest BCUT2D eigenvalue weighted by atomic mass is 16.5. The fourth-order valence-electron chi connectivity index (χ4n) is 2.13. The van der Waals surface area contributed by atoms with Crippen LogP contribution in [-0.4, -0.2) is 19.1 Å². The van der Waals surface area contributed by atoms with Gasteiger partial charge in [-0.3, -0.25) is 4.79 Å². The Labute approximate surface area is 119 Å². The lowest BCUT2D eigenvalue weighted by atomic mass is 10.0. The van der Waals surface area contributed by atoms with Crippen molar-refractivity contribution in [2.24, 2.45) is 0 Å². The van der Waals surface area contributed by atoms with E-state index in [1.165, 1.54) is 7.11 Å². The lowest BCUT2D eigenvalue weighted by molar-refractivity contribution is -0.140. The van der Waals surface area contributed by atoms with Crippen LogP contribution in [0.1, 0.15) is 13.3 Å². The van der Waals surface area contributed by atoms with E-state index in [2.05, 4.69) is 23.5 Å². The van der Waals surface area contributed by atoms with Crippen molar-refractivity contribution in [2.45, 2.75) is 19.4 Å². The number of methoxy groups -OCH3 is 1. The number of anilines is 1. The van der Waals surface area contributed by atoms with Crippen molar-refractivity contribution in [2.75, 3.05) is 12.4 Å². The van der Waals surface area contributed by atoms with Crippen LogP contribution in [0, 0.1) is 0 Å². The summed E-state index contributed by atoms with van der Waals surface area (Å²) in [5.74, 6) is -0.206. The largest absolute Gasteiger partial charge is 0.469 e. The third-order valence-electron chi connectivity index (χ3n) is 3.11. The molecule has 0 aliphatic rings. The van der Waals surface area contributed by atoms with Crippen molar-refractivity contribution in [1.82, 2.24) is 0 Å². The summed E-state index contributed by atoms with van der Waals surface area (Å²) in [6, 6.07) is 18.3. The molecule has 3 nitrogen and oxygen atoms in total. The van der Waals surface area contributed by atoms with E-state index in [1.54, 1.807) is 0 Å². The molecule has 20 heavy (non-hydrogen) atoms. The molecule has 0 heterocycles. The van der Waals surface area contributed by atoms with Crippen LogP contribution in [0.2, 0.25) is 0 Å². The number of hydrogen-bond acceptors (Lipinski definition) is 3. The topological polar surface area (TPSA) is 38.3 Å². The number of carbonyl (C=O) groups is 1.